The molecular weight excluding hydrogens is 252 g/mol. The fraction of sp³-hybridized carbons (Fsp3) is 0.412. The van der Waals surface area contributed by atoms with Crippen LogP contribution in [0.1, 0.15) is 49.5 Å². The van der Waals surface area contributed by atoms with Crippen LogP contribution < -0.4 is 0 Å². The first kappa shape index (κ1) is 14.5. The lowest BCUT2D eigenvalue weighted by Crippen LogP contribution is -2.28. The number of rotatable bonds is 4. The number of aliphatic hydroxyl groups excluding tert-OH is 1. The van der Waals surface area contributed by atoms with Gasteiger partial charge in [0.2, 0.25) is 11.6 Å². The third-order valence-electron chi connectivity index (χ3n) is 3.79. The van der Waals surface area contributed by atoms with Gasteiger partial charge in [0, 0.05) is 16.7 Å². The summed E-state index contributed by atoms with van der Waals surface area (Å²) in [5.74, 6) is -0.734. The zero-order chi connectivity index (χ0) is 14.9. The Kier molecular flexibility index (Phi) is 4.07. The smallest absolute Gasteiger partial charge is 0.234 e. The van der Waals surface area contributed by atoms with Crippen LogP contribution in [0.15, 0.2) is 29.8 Å². The molecule has 0 amide bonds. The molecule has 1 aliphatic rings. The van der Waals surface area contributed by atoms with E-state index in [1.54, 1.807) is 24.3 Å². The van der Waals surface area contributed by atoms with E-state index in [9.17, 15) is 14.7 Å². The Morgan fingerprint density at radius 1 is 1.05 bits per heavy atom. The summed E-state index contributed by atoms with van der Waals surface area (Å²) in [4.78, 5) is 24.5. The zero-order valence-electron chi connectivity index (χ0n) is 12.1. The van der Waals surface area contributed by atoms with Crippen LogP contribution in [0, 0.1) is 11.8 Å². The fourth-order valence-corrected chi connectivity index (χ4v) is 2.82. The minimum Gasteiger partial charge on any atom is -0.507 e. The van der Waals surface area contributed by atoms with Crippen LogP contribution in [-0.4, -0.2) is 16.7 Å². The quantitative estimate of drug-likeness (QED) is 0.848. The van der Waals surface area contributed by atoms with Crippen LogP contribution in [0.3, 0.4) is 0 Å². The highest BCUT2D eigenvalue weighted by molar-refractivity contribution is 6.52. The highest BCUT2D eigenvalue weighted by atomic mass is 16.3. The van der Waals surface area contributed by atoms with Crippen LogP contribution in [0.5, 0.6) is 0 Å². The standard InChI is InChI=1S/C17H20O3/c1-4-11(9-10(2)3)14-15(18)12-7-5-6-8-13(12)16(19)17(14)20/h5-8,10-11,18H,4,9H2,1-3H3. The van der Waals surface area contributed by atoms with Crippen molar-refractivity contribution in [3.8, 4) is 0 Å². The van der Waals surface area contributed by atoms with Gasteiger partial charge in [0.15, 0.2) is 0 Å². The molecule has 1 aromatic carbocycles. The summed E-state index contributed by atoms with van der Waals surface area (Å²) in [6.45, 7) is 6.12. The molecule has 1 aliphatic carbocycles. The Balaban J connectivity index is 2.56. The monoisotopic (exact) mass is 272 g/mol. The van der Waals surface area contributed by atoms with Crippen LogP contribution in [-0.2, 0) is 4.79 Å². The van der Waals surface area contributed by atoms with Gasteiger partial charge in [0.1, 0.15) is 5.76 Å². The van der Waals surface area contributed by atoms with Crippen molar-refractivity contribution in [3.63, 3.8) is 0 Å². The maximum absolute atomic E-state index is 12.3. The Hall–Kier alpha value is -1.90. The van der Waals surface area contributed by atoms with E-state index in [1.807, 2.05) is 6.92 Å². The molecule has 106 valence electrons. The maximum Gasteiger partial charge on any atom is 0.234 e. The van der Waals surface area contributed by atoms with Gasteiger partial charge in [-0.15, -0.1) is 0 Å². The van der Waals surface area contributed by atoms with Crippen molar-refractivity contribution in [2.45, 2.75) is 33.6 Å². The van der Waals surface area contributed by atoms with Crippen molar-refractivity contribution < 1.29 is 14.7 Å². The lowest BCUT2D eigenvalue weighted by molar-refractivity contribution is -0.112. The summed E-state index contributed by atoms with van der Waals surface area (Å²) in [5, 5.41) is 10.4. The molecule has 1 unspecified atom stereocenters. The number of aliphatic hydroxyl groups is 1. The molecule has 0 aromatic heterocycles. The predicted molar refractivity (Wildman–Crippen MR) is 78.6 cm³/mol. The van der Waals surface area contributed by atoms with E-state index in [-0.39, 0.29) is 11.7 Å². The molecule has 20 heavy (non-hydrogen) atoms. The lowest BCUT2D eigenvalue weighted by atomic mass is 9.78. The van der Waals surface area contributed by atoms with Crippen molar-refractivity contribution in [3.05, 3.63) is 41.0 Å². The Morgan fingerprint density at radius 2 is 1.65 bits per heavy atom. The van der Waals surface area contributed by atoms with E-state index in [0.717, 1.165) is 12.8 Å². The molecule has 1 atom stereocenters. The zero-order valence-corrected chi connectivity index (χ0v) is 12.1. The molecule has 0 spiro atoms. The molecule has 3 nitrogen and oxygen atoms in total. The number of ketones is 2. The van der Waals surface area contributed by atoms with E-state index < -0.39 is 11.6 Å². The summed E-state index contributed by atoms with van der Waals surface area (Å²) >= 11 is 0. The molecular formula is C17H20O3. The van der Waals surface area contributed by atoms with Crippen LogP contribution in [0.25, 0.3) is 5.76 Å². The SMILES string of the molecule is CCC(CC(C)C)C1=C(O)c2ccccc2C(=O)C1=O. The number of hydrogen-bond acceptors (Lipinski definition) is 3. The largest absolute Gasteiger partial charge is 0.507 e. The fourth-order valence-electron chi connectivity index (χ4n) is 2.82. The van der Waals surface area contributed by atoms with Gasteiger partial charge < -0.3 is 5.11 Å². The molecule has 1 aromatic rings. The third kappa shape index (κ3) is 2.40. The van der Waals surface area contributed by atoms with Gasteiger partial charge in [-0.05, 0) is 24.7 Å². The average Bonchev–Trinajstić information content (AvgIpc) is 2.43. The van der Waals surface area contributed by atoms with Crippen molar-refractivity contribution in [1.29, 1.82) is 0 Å². The lowest BCUT2D eigenvalue weighted by Gasteiger charge is -2.24. The van der Waals surface area contributed by atoms with E-state index >= 15 is 0 Å². The molecule has 0 bridgehead atoms. The van der Waals surface area contributed by atoms with Gasteiger partial charge in [0.05, 0.1) is 0 Å². The first-order valence-corrected chi connectivity index (χ1v) is 7.08. The highest BCUT2D eigenvalue weighted by Crippen LogP contribution is 2.35. The second-order valence-corrected chi connectivity index (χ2v) is 5.70. The van der Waals surface area contributed by atoms with Gasteiger partial charge in [0.25, 0.3) is 0 Å². The minimum atomic E-state index is -0.547. The number of hydrogen-bond donors (Lipinski definition) is 1. The maximum atomic E-state index is 12.3. The summed E-state index contributed by atoms with van der Waals surface area (Å²) in [6, 6.07) is 6.75. The molecule has 1 N–H and O–H groups in total. The van der Waals surface area contributed by atoms with Crippen LogP contribution >= 0.6 is 0 Å². The topological polar surface area (TPSA) is 54.4 Å². The molecule has 0 aliphatic heterocycles. The second-order valence-electron chi connectivity index (χ2n) is 5.70. The first-order chi connectivity index (χ1) is 9.47. The number of Topliss-reactive ketones (excluding diaryl/α,β-unsaturated/α-hetero) is 2. The molecule has 0 saturated heterocycles. The Labute approximate surface area is 119 Å². The normalized spacial score (nSPS) is 16.6. The number of allylic oxidation sites excluding steroid dienone is 1. The number of carbonyl (C=O) groups excluding carboxylic acids is 2. The van der Waals surface area contributed by atoms with Crippen molar-refractivity contribution >= 4 is 17.3 Å². The first-order valence-electron chi connectivity index (χ1n) is 7.08. The van der Waals surface area contributed by atoms with Gasteiger partial charge in [-0.2, -0.15) is 0 Å². The molecule has 3 heteroatoms. The van der Waals surface area contributed by atoms with Gasteiger partial charge in [-0.3, -0.25) is 9.59 Å². The Bertz CT molecular complexity index is 582. The van der Waals surface area contributed by atoms with Gasteiger partial charge >= 0.3 is 0 Å². The predicted octanol–water partition coefficient (Wildman–Crippen LogP) is 3.79. The molecule has 0 radical (unpaired) electrons. The highest BCUT2D eigenvalue weighted by Gasteiger charge is 2.36. The number of benzene rings is 1. The van der Waals surface area contributed by atoms with Gasteiger partial charge in [-0.25, -0.2) is 0 Å². The summed E-state index contributed by atoms with van der Waals surface area (Å²) in [7, 11) is 0. The molecule has 0 fully saturated rings. The number of fused-ring (bicyclic) bond motifs is 1. The van der Waals surface area contributed by atoms with Gasteiger partial charge in [-0.1, -0.05) is 45.0 Å². The average molecular weight is 272 g/mol. The van der Waals surface area contributed by atoms with Crippen molar-refractivity contribution in [2.75, 3.05) is 0 Å². The second kappa shape index (κ2) is 5.61. The van der Waals surface area contributed by atoms with Crippen LogP contribution in [0.4, 0.5) is 0 Å². The molecule has 0 heterocycles. The van der Waals surface area contributed by atoms with E-state index in [2.05, 4.69) is 13.8 Å². The molecule has 2 rings (SSSR count). The molecule has 0 saturated carbocycles. The van der Waals surface area contributed by atoms with Crippen LogP contribution in [0.2, 0.25) is 0 Å². The summed E-state index contributed by atoms with van der Waals surface area (Å²) < 4.78 is 0. The summed E-state index contributed by atoms with van der Waals surface area (Å²) in [6.07, 6.45) is 1.52. The van der Waals surface area contributed by atoms with Crippen molar-refractivity contribution in [2.24, 2.45) is 11.8 Å². The van der Waals surface area contributed by atoms with E-state index in [1.165, 1.54) is 0 Å². The third-order valence-corrected chi connectivity index (χ3v) is 3.79. The van der Waals surface area contributed by atoms with E-state index in [4.69, 9.17) is 0 Å². The Morgan fingerprint density at radius 3 is 2.20 bits per heavy atom. The van der Waals surface area contributed by atoms with Crippen molar-refractivity contribution in [1.82, 2.24) is 0 Å². The number of carbonyl (C=O) groups is 2. The van der Waals surface area contributed by atoms with E-state index in [0.29, 0.717) is 22.6 Å². The minimum absolute atomic E-state index is 0.0160. The summed E-state index contributed by atoms with van der Waals surface area (Å²) in [5.41, 5.74) is 1.08.